The van der Waals surface area contributed by atoms with Crippen LogP contribution in [0, 0.1) is 6.92 Å². The minimum atomic E-state index is 0.862. The number of ether oxygens (including phenoxy) is 1. The third-order valence-electron chi connectivity index (χ3n) is 4.09. The van der Waals surface area contributed by atoms with Crippen LogP contribution in [0.2, 0.25) is 0 Å². The topological polar surface area (TPSA) is 39.9 Å². The Morgan fingerprint density at radius 3 is 2.56 bits per heavy atom. The van der Waals surface area contributed by atoms with Crippen LogP contribution in [0.3, 0.4) is 0 Å². The normalized spacial score (nSPS) is 10.8. The highest BCUT2D eigenvalue weighted by Gasteiger charge is 2.13. The zero-order valence-electron chi connectivity index (χ0n) is 14.9. The number of benzene rings is 2. The molecule has 3 rings (SSSR count). The highest BCUT2D eigenvalue weighted by molar-refractivity contribution is 7.99. The molecule has 0 radical (unpaired) electrons. The summed E-state index contributed by atoms with van der Waals surface area (Å²) in [5, 5.41) is 9.81. The summed E-state index contributed by atoms with van der Waals surface area (Å²) in [6.45, 7) is 5.10. The minimum Gasteiger partial charge on any atom is -0.497 e. The maximum atomic E-state index is 5.20. The third kappa shape index (κ3) is 4.23. The summed E-state index contributed by atoms with van der Waals surface area (Å²) in [4.78, 5) is 0. The van der Waals surface area contributed by atoms with Crippen molar-refractivity contribution in [3.05, 3.63) is 59.7 Å². The lowest BCUT2D eigenvalue weighted by Crippen LogP contribution is -2.00. The molecule has 0 spiro atoms. The molecule has 1 heterocycles. The average molecular weight is 353 g/mol. The van der Waals surface area contributed by atoms with Crippen molar-refractivity contribution >= 4 is 11.8 Å². The number of nitrogens with zero attached hydrogens (tertiary/aromatic N) is 3. The molecule has 0 aliphatic rings. The molecule has 0 saturated carbocycles. The summed E-state index contributed by atoms with van der Waals surface area (Å²) in [5.41, 5.74) is 3.66. The van der Waals surface area contributed by atoms with Gasteiger partial charge in [0.1, 0.15) is 5.75 Å². The summed E-state index contributed by atoms with van der Waals surface area (Å²) in [6, 6.07) is 16.6. The molecule has 0 atom stereocenters. The van der Waals surface area contributed by atoms with E-state index in [9.17, 15) is 0 Å². The van der Waals surface area contributed by atoms with E-state index in [1.54, 1.807) is 18.9 Å². The van der Waals surface area contributed by atoms with Crippen molar-refractivity contribution in [2.45, 2.75) is 32.0 Å². The van der Waals surface area contributed by atoms with E-state index < -0.39 is 0 Å². The Balaban J connectivity index is 1.68. The molecular formula is C20H23N3OS. The molecule has 5 heteroatoms. The molecule has 1 aromatic heterocycles. The zero-order chi connectivity index (χ0) is 17.6. The lowest BCUT2D eigenvalue weighted by atomic mass is 10.1. The van der Waals surface area contributed by atoms with Crippen LogP contribution in [-0.4, -0.2) is 27.6 Å². The second-order valence-electron chi connectivity index (χ2n) is 5.87. The molecule has 0 N–H and O–H groups in total. The van der Waals surface area contributed by atoms with Gasteiger partial charge in [0, 0.05) is 17.9 Å². The van der Waals surface area contributed by atoms with Gasteiger partial charge < -0.3 is 9.30 Å². The molecule has 0 saturated heterocycles. The molecular weight excluding hydrogens is 330 g/mol. The highest BCUT2D eigenvalue weighted by atomic mass is 32.2. The number of rotatable bonds is 7. The predicted octanol–water partition coefficient (Wildman–Crippen LogP) is 4.62. The Labute approximate surface area is 153 Å². The van der Waals surface area contributed by atoms with Crippen molar-refractivity contribution in [1.29, 1.82) is 0 Å². The van der Waals surface area contributed by atoms with Crippen molar-refractivity contribution in [1.82, 2.24) is 14.8 Å². The maximum Gasteiger partial charge on any atom is 0.191 e. The Morgan fingerprint density at radius 2 is 1.88 bits per heavy atom. The zero-order valence-corrected chi connectivity index (χ0v) is 15.7. The van der Waals surface area contributed by atoms with E-state index in [2.05, 4.69) is 65.0 Å². The van der Waals surface area contributed by atoms with Gasteiger partial charge in [-0.3, -0.25) is 0 Å². The quantitative estimate of drug-likeness (QED) is 0.581. The lowest BCUT2D eigenvalue weighted by molar-refractivity contribution is 0.414. The van der Waals surface area contributed by atoms with E-state index in [4.69, 9.17) is 4.74 Å². The van der Waals surface area contributed by atoms with Gasteiger partial charge in [0.2, 0.25) is 0 Å². The number of hydrogen-bond donors (Lipinski definition) is 0. The molecule has 2 aromatic carbocycles. The van der Waals surface area contributed by atoms with E-state index >= 15 is 0 Å². The molecule has 0 aliphatic carbocycles. The van der Waals surface area contributed by atoms with E-state index in [1.165, 1.54) is 11.1 Å². The summed E-state index contributed by atoms with van der Waals surface area (Å²) >= 11 is 1.75. The third-order valence-corrected chi connectivity index (χ3v) is 5.06. The monoisotopic (exact) mass is 353 g/mol. The van der Waals surface area contributed by atoms with Crippen LogP contribution in [0.15, 0.2) is 53.7 Å². The number of aromatic nitrogens is 3. The molecule has 25 heavy (non-hydrogen) atoms. The van der Waals surface area contributed by atoms with Crippen LogP contribution < -0.4 is 4.74 Å². The molecule has 0 fully saturated rings. The average Bonchev–Trinajstić information content (AvgIpc) is 3.05. The first-order valence-corrected chi connectivity index (χ1v) is 9.45. The first-order chi connectivity index (χ1) is 12.2. The predicted molar refractivity (Wildman–Crippen MR) is 103 cm³/mol. The van der Waals surface area contributed by atoms with Crippen LogP contribution >= 0.6 is 11.8 Å². The number of aryl methyl sites for hydroxylation is 2. The van der Waals surface area contributed by atoms with Gasteiger partial charge >= 0.3 is 0 Å². The van der Waals surface area contributed by atoms with Crippen molar-refractivity contribution in [3.63, 3.8) is 0 Å². The number of hydrogen-bond acceptors (Lipinski definition) is 4. The standard InChI is InChI=1S/C20H23N3OS/c1-4-23-19(17-7-5-6-15(2)14-17)21-22-20(23)25-13-12-16-8-10-18(24-3)11-9-16/h5-11,14H,4,12-13H2,1-3H3. The summed E-state index contributed by atoms with van der Waals surface area (Å²) in [5.74, 6) is 2.81. The summed E-state index contributed by atoms with van der Waals surface area (Å²) in [6.07, 6.45) is 0.991. The summed E-state index contributed by atoms with van der Waals surface area (Å²) < 4.78 is 7.39. The van der Waals surface area contributed by atoms with Gasteiger partial charge in [0.05, 0.1) is 7.11 Å². The summed E-state index contributed by atoms with van der Waals surface area (Å²) in [7, 11) is 1.69. The Morgan fingerprint density at radius 1 is 1.08 bits per heavy atom. The van der Waals surface area contributed by atoms with Gasteiger partial charge in [-0.25, -0.2) is 0 Å². The second kappa shape index (κ2) is 8.21. The van der Waals surface area contributed by atoms with E-state index in [0.29, 0.717) is 0 Å². The molecule has 0 amide bonds. The molecule has 0 unspecified atom stereocenters. The molecule has 4 nitrogen and oxygen atoms in total. The molecule has 3 aromatic rings. The van der Waals surface area contributed by atoms with Crippen LogP contribution in [0.1, 0.15) is 18.1 Å². The van der Waals surface area contributed by atoms with E-state index in [1.807, 2.05) is 12.1 Å². The Kier molecular flexibility index (Phi) is 5.76. The van der Waals surface area contributed by atoms with Gasteiger partial charge in [0.25, 0.3) is 0 Å². The van der Waals surface area contributed by atoms with Crippen LogP contribution in [-0.2, 0) is 13.0 Å². The van der Waals surface area contributed by atoms with Crippen LogP contribution in [0.25, 0.3) is 11.4 Å². The van der Waals surface area contributed by atoms with E-state index in [0.717, 1.165) is 41.0 Å². The Bertz CT molecular complexity index is 827. The van der Waals surface area contributed by atoms with Gasteiger partial charge in [-0.15, -0.1) is 10.2 Å². The number of methoxy groups -OCH3 is 1. The SMILES string of the molecule is CCn1c(SCCc2ccc(OC)cc2)nnc1-c1cccc(C)c1. The van der Waals surface area contributed by atoms with Crippen molar-refractivity contribution < 1.29 is 4.74 Å². The fourth-order valence-electron chi connectivity index (χ4n) is 2.73. The fraction of sp³-hybridized carbons (Fsp3) is 0.300. The molecule has 0 aliphatic heterocycles. The second-order valence-corrected chi connectivity index (χ2v) is 6.93. The van der Waals surface area contributed by atoms with Crippen molar-refractivity contribution in [2.75, 3.05) is 12.9 Å². The van der Waals surface area contributed by atoms with Gasteiger partial charge in [0.15, 0.2) is 11.0 Å². The first-order valence-electron chi connectivity index (χ1n) is 8.47. The Hall–Kier alpha value is -2.27. The number of thioether (sulfide) groups is 1. The fourth-order valence-corrected chi connectivity index (χ4v) is 3.72. The van der Waals surface area contributed by atoms with E-state index in [-0.39, 0.29) is 0 Å². The van der Waals surface area contributed by atoms with Crippen LogP contribution in [0.4, 0.5) is 0 Å². The highest BCUT2D eigenvalue weighted by Crippen LogP contribution is 2.25. The smallest absolute Gasteiger partial charge is 0.191 e. The van der Waals surface area contributed by atoms with Gasteiger partial charge in [-0.2, -0.15) is 0 Å². The maximum absolute atomic E-state index is 5.20. The van der Waals surface area contributed by atoms with Gasteiger partial charge in [-0.05, 0) is 44.0 Å². The van der Waals surface area contributed by atoms with Crippen molar-refractivity contribution in [2.24, 2.45) is 0 Å². The molecule has 130 valence electrons. The van der Waals surface area contributed by atoms with Crippen molar-refractivity contribution in [3.8, 4) is 17.1 Å². The minimum absolute atomic E-state index is 0.862. The largest absolute Gasteiger partial charge is 0.497 e. The first kappa shape index (κ1) is 17.5. The molecule has 0 bridgehead atoms. The lowest BCUT2D eigenvalue weighted by Gasteiger charge is -2.08. The van der Waals surface area contributed by atoms with Crippen LogP contribution in [0.5, 0.6) is 5.75 Å². The van der Waals surface area contributed by atoms with Gasteiger partial charge in [-0.1, -0.05) is 47.7 Å².